The molecule has 0 heterocycles. The van der Waals surface area contributed by atoms with Crippen molar-refractivity contribution in [3.63, 3.8) is 0 Å². The fourth-order valence-corrected chi connectivity index (χ4v) is 7.87. The topological polar surface area (TPSA) is 114 Å². The molecule has 4 rings (SSSR count). The number of hydrogen-bond acceptors (Lipinski definition) is 6. The van der Waals surface area contributed by atoms with Crippen LogP contribution in [-0.2, 0) is 45.9 Å². The van der Waals surface area contributed by atoms with Gasteiger partial charge in [-0.15, -0.1) is 0 Å². The maximum Gasteiger partial charge on any atom is 2.00 e. The van der Waals surface area contributed by atoms with E-state index in [0.717, 1.165) is 85.8 Å². The molecule has 0 amide bonds. The van der Waals surface area contributed by atoms with E-state index in [1.807, 2.05) is 12.1 Å². The van der Waals surface area contributed by atoms with Crippen molar-refractivity contribution in [1.82, 2.24) is 0 Å². The van der Waals surface area contributed by atoms with Gasteiger partial charge < -0.3 is 9.11 Å². The molecule has 0 N–H and O–H groups in total. The van der Waals surface area contributed by atoms with Crippen molar-refractivity contribution >= 4 is 79.5 Å². The molecule has 0 fully saturated rings. The normalized spacial score (nSPS) is 11.7. The first kappa shape index (κ1) is 43.6. The van der Waals surface area contributed by atoms with Crippen LogP contribution in [0.3, 0.4) is 0 Å². The van der Waals surface area contributed by atoms with Gasteiger partial charge in [0.15, 0.2) is 0 Å². The third-order valence-electron chi connectivity index (χ3n) is 9.05. The molecular weight excluding hydrogens is 681 g/mol. The molecular formula is C40H54CaO6S2. The SMILES string of the molecule is CCCCCc1ccc2ccc(S(=O)(=O)[O-])c(CCCCC)c2c1.CCCCCc1ccc2ccc(S(=O)(=O)[O-])c(CCCCC)c2c1.[Ca+2]. The Kier molecular flexibility index (Phi) is 19.4. The monoisotopic (exact) mass is 734 g/mol. The summed E-state index contributed by atoms with van der Waals surface area (Å²) in [6, 6.07) is 18.9. The summed E-state index contributed by atoms with van der Waals surface area (Å²) in [5.41, 5.74) is 3.84. The van der Waals surface area contributed by atoms with E-state index in [1.165, 1.54) is 48.9 Å². The predicted molar refractivity (Wildman–Crippen MR) is 202 cm³/mol. The minimum Gasteiger partial charge on any atom is -0.744 e. The first-order chi connectivity index (χ1) is 22.9. The molecule has 4 aromatic rings. The fraction of sp³-hybridized carbons (Fsp3) is 0.500. The van der Waals surface area contributed by atoms with E-state index in [2.05, 4.69) is 52.0 Å². The van der Waals surface area contributed by atoms with E-state index in [4.69, 9.17) is 0 Å². The van der Waals surface area contributed by atoms with Gasteiger partial charge in [-0.2, -0.15) is 0 Å². The van der Waals surface area contributed by atoms with Gasteiger partial charge in [0.25, 0.3) is 0 Å². The van der Waals surface area contributed by atoms with Crippen LogP contribution in [0.25, 0.3) is 21.5 Å². The van der Waals surface area contributed by atoms with Crippen molar-refractivity contribution in [3.8, 4) is 0 Å². The van der Waals surface area contributed by atoms with Gasteiger partial charge in [0.1, 0.15) is 20.2 Å². The number of benzene rings is 4. The summed E-state index contributed by atoms with van der Waals surface area (Å²) in [7, 11) is -8.89. The molecule has 6 nitrogen and oxygen atoms in total. The average Bonchev–Trinajstić information content (AvgIpc) is 3.04. The zero-order chi connectivity index (χ0) is 35.2. The van der Waals surface area contributed by atoms with Crippen molar-refractivity contribution in [2.75, 3.05) is 0 Å². The summed E-state index contributed by atoms with van der Waals surface area (Å²) in [5.74, 6) is 0. The molecule has 0 bridgehead atoms. The van der Waals surface area contributed by atoms with Gasteiger partial charge in [-0.05, 0) is 107 Å². The van der Waals surface area contributed by atoms with Crippen LogP contribution < -0.4 is 0 Å². The van der Waals surface area contributed by atoms with Gasteiger partial charge in [0.2, 0.25) is 0 Å². The second-order valence-electron chi connectivity index (χ2n) is 12.9. The Bertz CT molecular complexity index is 1700. The van der Waals surface area contributed by atoms with Gasteiger partial charge in [-0.25, -0.2) is 16.8 Å². The van der Waals surface area contributed by atoms with Crippen LogP contribution in [0.4, 0.5) is 0 Å². The van der Waals surface area contributed by atoms with Crippen LogP contribution in [0.2, 0.25) is 0 Å². The summed E-state index contributed by atoms with van der Waals surface area (Å²) in [4.78, 5) is -0.0892. The second-order valence-corrected chi connectivity index (χ2v) is 15.6. The first-order valence-electron chi connectivity index (χ1n) is 17.9. The van der Waals surface area contributed by atoms with Gasteiger partial charge in [0.05, 0.1) is 9.79 Å². The molecule has 9 heteroatoms. The summed E-state index contributed by atoms with van der Waals surface area (Å²) < 4.78 is 70.0. The van der Waals surface area contributed by atoms with Gasteiger partial charge in [0, 0.05) is 0 Å². The Labute approximate surface area is 326 Å². The number of fused-ring (bicyclic) bond motifs is 2. The van der Waals surface area contributed by atoms with Crippen molar-refractivity contribution in [2.45, 2.75) is 140 Å². The van der Waals surface area contributed by atoms with E-state index in [0.29, 0.717) is 24.0 Å². The smallest absolute Gasteiger partial charge is 0.744 e. The van der Waals surface area contributed by atoms with Gasteiger partial charge >= 0.3 is 37.7 Å². The van der Waals surface area contributed by atoms with E-state index >= 15 is 0 Å². The van der Waals surface area contributed by atoms with Crippen LogP contribution in [0.5, 0.6) is 0 Å². The van der Waals surface area contributed by atoms with E-state index in [-0.39, 0.29) is 47.5 Å². The van der Waals surface area contributed by atoms with E-state index < -0.39 is 20.2 Å². The summed E-state index contributed by atoms with van der Waals surface area (Å²) in [6.07, 6.45) is 16.3. The number of hydrogen-bond donors (Lipinski definition) is 0. The molecule has 0 saturated heterocycles. The zero-order valence-electron chi connectivity index (χ0n) is 30.1. The fourth-order valence-electron chi connectivity index (χ4n) is 6.37. The molecule has 0 saturated carbocycles. The Balaban J connectivity index is 0.000000333. The van der Waals surface area contributed by atoms with Crippen LogP contribution in [-0.4, -0.2) is 63.7 Å². The van der Waals surface area contributed by atoms with Gasteiger partial charge in [-0.1, -0.05) is 128 Å². The standard InChI is InChI=1S/2C20H28O3S.Ca/c2*1-3-5-7-9-16-11-12-17-13-14-20(24(21,22)23)18(19(17)15-16)10-8-6-4-2;/h2*11-15H,3-10H2,1-2H3,(H,21,22,23);/q;;+2/p-2. The Hall–Kier alpha value is -1.52. The molecule has 0 unspecified atom stereocenters. The van der Waals surface area contributed by atoms with Crippen LogP contribution >= 0.6 is 0 Å². The van der Waals surface area contributed by atoms with Crippen LogP contribution in [0.15, 0.2) is 70.5 Å². The number of aryl methyl sites for hydroxylation is 4. The zero-order valence-corrected chi connectivity index (χ0v) is 33.9. The average molecular weight is 735 g/mol. The molecule has 0 spiro atoms. The van der Waals surface area contributed by atoms with Crippen LogP contribution in [0, 0.1) is 0 Å². The van der Waals surface area contributed by atoms with Crippen LogP contribution in [0.1, 0.15) is 127 Å². The van der Waals surface area contributed by atoms with Crippen molar-refractivity contribution in [3.05, 3.63) is 82.9 Å². The Morgan fingerprint density at radius 2 is 0.755 bits per heavy atom. The maximum absolute atomic E-state index is 11.7. The molecule has 49 heavy (non-hydrogen) atoms. The summed E-state index contributed by atoms with van der Waals surface area (Å²) >= 11 is 0. The largest absolute Gasteiger partial charge is 2.00 e. The van der Waals surface area contributed by atoms with Gasteiger partial charge in [-0.3, -0.25) is 0 Å². The Morgan fingerprint density at radius 3 is 1.06 bits per heavy atom. The third-order valence-corrected chi connectivity index (χ3v) is 10.9. The minimum atomic E-state index is -4.45. The number of rotatable bonds is 18. The first-order valence-corrected chi connectivity index (χ1v) is 20.8. The summed E-state index contributed by atoms with van der Waals surface area (Å²) in [5, 5.41) is 3.87. The molecule has 4 aromatic carbocycles. The molecule has 0 aliphatic carbocycles. The summed E-state index contributed by atoms with van der Waals surface area (Å²) in [6.45, 7) is 8.58. The Morgan fingerprint density at radius 1 is 0.449 bits per heavy atom. The quantitative estimate of drug-likeness (QED) is 0.0571. The molecule has 0 atom stereocenters. The minimum absolute atomic E-state index is 0. The molecule has 0 aliphatic heterocycles. The molecule has 264 valence electrons. The molecule has 0 radical (unpaired) electrons. The van der Waals surface area contributed by atoms with E-state index in [9.17, 15) is 25.9 Å². The molecule has 0 aromatic heterocycles. The van der Waals surface area contributed by atoms with Crippen molar-refractivity contribution < 1.29 is 25.9 Å². The van der Waals surface area contributed by atoms with Crippen molar-refractivity contribution in [2.24, 2.45) is 0 Å². The predicted octanol–water partition coefficient (Wildman–Crippen LogP) is 10.0. The second kappa shape index (κ2) is 21.8. The molecule has 0 aliphatic rings. The third kappa shape index (κ3) is 13.5. The maximum atomic E-state index is 11.7. The van der Waals surface area contributed by atoms with Crippen molar-refractivity contribution in [1.29, 1.82) is 0 Å². The van der Waals surface area contributed by atoms with E-state index in [1.54, 1.807) is 12.1 Å². The number of unbranched alkanes of at least 4 members (excludes halogenated alkanes) is 8.